The topological polar surface area (TPSA) is 54.2 Å². The Hall–Kier alpha value is -1.80. The maximum atomic E-state index is 12.7. The molecule has 0 saturated carbocycles. The number of benzene rings is 1. The van der Waals surface area contributed by atoms with Crippen LogP contribution in [0.4, 0.5) is 8.78 Å². The zero-order chi connectivity index (χ0) is 17.4. The monoisotopic (exact) mass is 373 g/mol. The highest BCUT2D eigenvalue weighted by Gasteiger charge is 2.11. The van der Waals surface area contributed by atoms with Gasteiger partial charge in [-0.2, -0.15) is 8.78 Å². The molecule has 0 radical (unpaired) electrons. The fourth-order valence-corrected chi connectivity index (χ4v) is 2.81. The van der Waals surface area contributed by atoms with Crippen molar-refractivity contribution in [1.82, 2.24) is 20.2 Å². The van der Waals surface area contributed by atoms with E-state index >= 15 is 0 Å². The van der Waals surface area contributed by atoms with Gasteiger partial charge < -0.3 is 10.6 Å². The number of guanidine groups is 1. The van der Waals surface area contributed by atoms with Crippen LogP contribution in [0.1, 0.15) is 12.4 Å². The first-order valence-electron chi connectivity index (χ1n) is 7.23. The normalized spacial score (nSPS) is 11.8. The molecule has 2 N–H and O–H groups in total. The first-order chi connectivity index (χ1) is 11.6. The van der Waals surface area contributed by atoms with Crippen LogP contribution in [0.3, 0.4) is 0 Å². The lowest BCUT2D eigenvalue weighted by atomic mass is 10.4. The molecule has 0 aliphatic carbocycles. The summed E-state index contributed by atoms with van der Waals surface area (Å²) in [5, 5.41) is 6.81. The van der Waals surface area contributed by atoms with Crippen molar-refractivity contribution in [2.75, 3.05) is 19.3 Å². The van der Waals surface area contributed by atoms with Gasteiger partial charge in [0.1, 0.15) is 5.82 Å². The molecule has 0 atom stereocenters. The van der Waals surface area contributed by atoms with E-state index in [9.17, 15) is 8.78 Å². The van der Waals surface area contributed by atoms with Gasteiger partial charge in [0.25, 0.3) is 0 Å². The molecule has 0 aliphatic heterocycles. The number of aromatic nitrogens is 2. The van der Waals surface area contributed by atoms with Crippen LogP contribution < -0.4 is 10.6 Å². The predicted octanol–water partition coefficient (Wildman–Crippen LogP) is 3.39. The SMILES string of the molecule is CN=C(NCCSc1ccc(Cl)cc1)NCc1nccn1C(F)F. The summed E-state index contributed by atoms with van der Waals surface area (Å²) in [4.78, 5) is 9.10. The van der Waals surface area contributed by atoms with Crippen LogP contribution in [0.5, 0.6) is 0 Å². The number of hydrogen-bond acceptors (Lipinski definition) is 3. The summed E-state index contributed by atoms with van der Waals surface area (Å²) in [7, 11) is 1.63. The summed E-state index contributed by atoms with van der Waals surface area (Å²) < 4.78 is 26.3. The molecule has 0 amide bonds. The van der Waals surface area contributed by atoms with E-state index in [0.717, 1.165) is 15.2 Å². The number of rotatable bonds is 7. The number of aliphatic imine (C=N–C) groups is 1. The average molecular weight is 374 g/mol. The number of halogens is 3. The molecule has 0 spiro atoms. The van der Waals surface area contributed by atoms with Gasteiger partial charge in [-0.05, 0) is 24.3 Å². The Morgan fingerprint density at radius 3 is 2.75 bits per heavy atom. The van der Waals surface area contributed by atoms with Crippen molar-refractivity contribution in [3.63, 3.8) is 0 Å². The molecule has 5 nitrogen and oxygen atoms in total. The van der Waals surface area contributed by atoms with Gasteiger partial charge in [0.15, 0.2) is 5.96 Å². The lowest BCUT2D eigenvalue weighted by Crippen LogP contribution is -2.38. The molecule has 1 aromatic heterocycles. The third-order valence-electron chi connectivity index (χ3n) is 3.07. The fraction of sp³-hybridized carbons (Fsp3) is 0.333. The average Bonchev–Trinajstić information content (AvgIpc) is 3.04. The molecule has 2 rings (SSSR count). The van der Waals surface area contributed by atoms with Crippen LogP contribution in [0, 0.1) is 0 Å². The Morgan fingerprint density at radius 2 is 2.08 bits per heavy atom. The van der Waals surface area contributed by atoms with Crippen LogP contribution in [0.2, 0.25) is 5.02 Å². The number of hydrogen-bond donors (Lipinski definition) is 2. The van der Waals surface area contributed by atoms with E-state index in [1.54, 1.807) is 18.8 Å². The third kappa shape index (κ3) is 5.68. The molecule has 9 heteroatoms. The zero-order valence-electron chi connectivity index (χ0n) is 13.0. The summed E-state index contributed by atoms with van der Waals surface area (Å²) in [6.45, 7) is -1.76. The largest absolute Gasteiger partial charge is 0.356 e. The Morgan fingerprint density at radius 1 is 1.33 bits per heavy atom. The highest BCUT2D eigenvalue weighted by molar-refractivity contribution is 7.99. The van der Waals surface area contributed by atoms with Crippen LogP contribution in [0.25, 0.3) is 0 Å². The van der Waals surface area contributed by atoms with Gasteiger partial charge in [-0.15, -0.1) is 11.8 Å². The molecule has 0 bridgehead atoms. The van der Waals surface area contributed by atoms with Crippen molar-refractivity contribution >= 4 is 29.3 Å². The van der Waals surface area contributed by atoms with Crippen molar-refractivity contribution in [3.8, 4) is 0 Å². The van der Waals surface area contributed by atoms with Crippen molar-refractivity contribution in [3.05, 3.63) is 47.5 Å². The van der Waals surface area contributed by atoms with Gasteiger partial charge in [-0.3, -0.25) is 9.56 Å². The number of nitrogens with one attached hydrogen (secondary N) is 2. The number of thioether (sulfide) groups is 1. The van der Waals surface area contributed by atoms with E-state index in [4.69, 9.17) is 11.6 Å². The van der Waals surface area contributed by atoms with Gasteiger partial charge in [0.05, 0.1) is 6.54 Å². The molecule has 1 aromatic carbocycles. The molecule has 130 valence electrons. The van der Waals surface area contributed by atoms with E-state index in [2.05, 4.69) is 20.6 Å². The van der Waals surface area contributed by atoms with Crippen molar-refractivity contribution in [2.24, 2.45) is 4.99 Å². The van der Waals surface area contributed by atoms with E-state index in [1.165, 1.54) is 12.4 Å². The lowest BCUT2D eigenvalue weighted by Gasteiger charge is -2.12. The Labute approximate surface area is 148 Å². The molecule has 24 heavy (non-hydrogen) atoms. The van der Waals surface area contributed by atoms with E-state index < -0.39 is 6.55 Å². The van der Waals surface area contributed by atoms with Gasteiger partial charge >= 0.3 is 6.55 Å². The molecule has 0 unspecified atom stereocenters. The molecule has 0 aliphatic rings. The van der Waals surface area contributed by atoms with Gasteiger partial charge in [0.2, 0.25) is 0 Å². The minimum atomic E-state index is -2.60. The number of alkyl halides is 2. The molecule has 2 aromatic rings. The van der Waals surface area contributed by atoms with Crippen molar-refractivity contribution < 1.29 is 8.78 Å². The Kier molecular flexibility index (Phi) is 7.33. The highest BCUT2D eigenvalue weighted by Crippen LogP contribution is 2.19. The summed E-state index contributed by atoms with van der Waals surface area (Å²) in [5.74, 6) is 1.62. The third-order valence-corrected chi connectivity index (χ3v) is 4.34. The summed E-state index contributed by atoms with van der Waals surface area (Å²) in [5.41, 5.74) is 0. The second-order valence-corrected chi connectivity index (χ2v) is 6.29. The molecule has 0 saturated heterocycles. The quantitative estimate of drug-likeness (QED) is 0.338. The smallest absolute Gasteiger partial charge is 0.319 e. The van der Waals surface area contributed by atoms with Crippen LogP contribution in [-0.2, 0) is 6.54 Å². The van der Waals surface area contributed by atoms with Crippen LogP contribution in [-0.4, -0.2) is 34.9 Å². The summed E-state index contributed by atoms with van der Waals surface area (Å²) in [6, 6.07) is 7.63. The predicted molar refractivity (Wildman–Crippen MR) is 93.9 cm³/mol. The molecule has 0 fully saturated rings. The van der Waals surface area contributed by atoms with E-state index in [0.29, 0.717) is 17.5 Å². The molecular formula is C15H18ClF2N5S. The lowest BCUT2D eigenvalue weighted by molar-refractivity contribution is 0.0668. The molecule has 1 heterocycles. The zero-order valence-corrected chi connectivity index (χ0v) is 14.6. The molecular weight excluding hydrogens is 356 g/mol. The standard InChI is InChI=1S/C15H18ClF2N5S/c1-19-15(22-10-13-20-6-8-23(13)14(17)18)21-7-9-24-12-4-2-11(16)3-5-12/h2-6,8,14H,7,9-10H2,1H3,(H2,19,21,22). The number of nitrogens with zero attached hydrogens (tertiary/aromatic N) is 3. The van der Waals surface area contributed by atoms with Gasteiger partial charge in [-0.1, -0.05) is 11.6 Å². The van der Waals surface area contributed by atoms with E-state index in [-0.39, 0.29) is 12.4 Å². The van der Waals surface area contributed by atoms with Crippen molar-refractivity contribution in [1.29, 1.82) is 0 Å². The second-order valence-electron chi connectivity index (χ2n) is 4.68. The van der Waals surface area contributed by atoms with Gasteiger partial charge in [-0.25, -0.2) is 4.98 Å². The van der Waals surface area contributed by atoms with Crippen LogP contribution >= 0.6 is 23.4 Å². The fourth-order valence-electron chi connectivity index (χ4n) is 1.91. The Balaban J connectivity index is 1.72. The van der Waals surface area contributed by atoms with Gasteiger partial charge in [0, 0.05) is 41.7 Å². The van der Waals surface area contributed by atoms with E-state index in [1.807, 2.05) is 24.3 Å². The minimum Gasteiger partial charge on any atom is -0.356 e. The first-order valence-corrected chi connectivity index (χ1v) is 8.59. The summed E-state index contributed by atoms with van der Waals surface area (Å²) >= 11 is 7.53. The first kappa shape index (κ1) is 18.5. The Bertz CT molecular complexity index is 660. The van der Waals surface area contributed by atoms with Crippen molar-refractivity contribution in [2.45, 2.75) is 18.0 Å². The maximum Gasteiger partial charge on any atom is 0.319 e. The highest BCUT2D eigenvalue weighted by atomic mass is 35.5. The maximum absolute atomic E-state index is 12.7. The summed E-state index contributed by atoms with van der Waals surface area (Å²) in [6.07, 6.45) is 2.60. The minimum absolute atomic E-state index is 0.168. The number of imidazole rings is 1. The second kappa shape index (κ2) is 9.48. The van der Waals surface area contributed by atoms with Crippen LogP contribution in [0.15, 0.2) is 46.5 Å².